The van der Waals surface area contributed by atoms with Gasteiger partial charge < -0.3 is 9.64 Å². The van der Waals surface area contributed by atoms with Gasteiger partial charge in [-0.2, -0.15) is 0 Å². The van der Waals surface area contributed by atoms with Crippen LogP contribution >= 0.6 is 0 Å². The summed E-state index contributed by atoms with van der Waals surface area (Å²) in [4.78, 5) is 28.0. The van der Waals surface area contributed by atoms with Crippen molar-refractivity contribution in [2.45, 2.75) is 58.1 Å². The second kappa shape index (κ2) is 8.44. The number of para-hydroxylation sites is 1. The molecule has 0 aromatic heterocycles. The zero-order valence-corrected chi connectivity index (χ0v) is 20.4. The Morgan fingerprint density at radius 1 is 1.12 bits per heavy atom. The van der Waals surface area contributed by atoms with Crippen molar-refractivity contribution in [3.63, 3.8) is 0 Å². The molecule has 1 N–H and O–H groups in total. The summed E-state index contributed by atoms with van der Waals surface area (Å²) in [5, 5.41) is 2.70. The molecule has 0 radical (unpaired) electrons. The van der Waals surface area contributed by atoms with E-state index in [-0.39, 0.29) is 12.2 Å². The molecule has 1 heterocycles. The van der Waals surface area contributed by atoms with Crippen LogP contribution < -0.4 is 10.2 Å². The minimum Gasteiger partial charge on any atom is -0.444 e. The summed E-state index contributed by atoms with van der Waals surface area (Å²) in [6, 6.07) is 13.8. The van der Waals surface area contributed by atoms with Crippen molar-refractivity contribution in [2.24, 2.45) is 0 Å². The van der Waals surface area contributed by atoms with E-state index in [1.165, 1.54) is 17.0 Å². The van der Waals surface area contributed by atoms with Crippen LogP contribution in [0.15, 0.2) is 48.5 Å². The number of anilines is 1. The number of amides is 2. The maximum Gasteiger partial charge on any atom is 0.409 e. The average molecular weight is 453 g/mol. The van der Waals surface area contributed by atoms with Gasteiger partial charge in [-0.3, -0.25) is 10.1 Å². The molecule has 1 aliphatic rings. The molecule has 0 saturated heterocycles. The summed E-state index contributed by atoms with van der Waals surface area (Å²) >= 11 is 0. The molecule has 0 fully saturated rings. The summed E-state index contributed by atoms with van der Waals surface area (Å²) in [5.41, 5.74) is 1.98. The number of carbonyl (C=O) groups is 2. The monoisotopic (exact) mass is 452 g/mol. The first-order chi connectivity index (χ1) is 14.8. The third kappa shape index (κ3) is 5.02. The molecule has 0 aliphatic carbocycles. The lowest BCUT2D eigenvalue weighted by molar-refractivity contribution is -0.122. The molecule has 0 saturated carbocycles. The third-order valence-corrected chi connectivity index (χ3v) is 5.60. The van der Waals surface area contributed by atoms with Gasteiger partial charge in [0.1, 0.15) is 19.5 Å². The summed E-state index contributed by atoms with van der Waals surface area (Å²) in [7, 11) is -1.95. The molecular formula is C25H29FN2O3Si. The van der Waals surface area contributed by atoms with Gasteiger partial charge in [0.25, 0.3) is 5.91 Å². The van der Waals surface area contributed by atoms with E-state index >= 15 is 4.39 Å². The predicted octanol–water partition coefficient (Wildman–Crippen LogP) is 4.97. The van der Waals surface area contributed by atoms with E-state index in [0.29, 0.717) is 5.56 Å². The van der Waals surface area contributed by atoms with Gasteiger partial charge in [-0.1, -0.05) is 68.0 Å². The number of benzene rings is 2. The van der Waals surface area contributed by atoms with E-state index < -0.39 is 37.0 Å². The van der Waals surface area contributed by atoms with Crippen molar-refractivity contribution >= 4 is 25.8 Å². The number of nitrogens with one attached hydrogen (secondary N) is 1. The van der Waals surface area contributed by atoms with Crippen LogP contribution in [0.5, 0.6) is 0 Å². The number of hydrogen-bond donors (Lipinski definition) is 1. The van der Waals surface area contributed by atoms with Gasteiger partial charge in [-0.25, -0.2) is 9.18 Å². The standard InChI is InChI=1S/C25H29FN2O3Si/c1-24(2,3)31-23(30)27-25(15-16-32(4,5)6)19-13-10-14-20(26)21(19)28(22(25)29)17-18-11-8-7-9-12-18/h7-14H,17H2,1-6H3,(H,27,30)/t25-/m0/s1. The Balaban J connectivity index is 2.17. The van der Waals surface area contributed by atoms with E-state index in [9.17, 15) is 9.59 Å². The zero-order valence-electron chi connectivity index (χ0n) is 19.4. The number of hydrogen-bond acceptors (Lipinski definition) is 3. The second-order valence-corrected chi connectivity index (χ2v) is 14.6. The molecule has 32 heavy (non-hydrogen) atoms. The lowest BCUT2D eigenvalue weighted by Gasteiger charge is -2.28. The molecule has 5 nitrogen and oxygen atoms in total. The van der Waals surface area contributed by atoms with Gasteiger partial charge >= 0.3 is 6.09 Å². The maximum absolute atomic E-state index is 15.1. The van der Waals surface area contributed by atoms with Crippen molar-refractivity contribution < 1.29 is 18.7 Å². The molecule has 2 aromatic rings. The Morgan fingerprint density at radius 3 is 2.38 bits per heavy atom. The number of ether oxygens (including phenoxy) is 1. The summed E-state index contributed by atoms with van der Waals surface area (Å²) in [6.07, 6.45) is -0.785. The molecule has 2 aromatic carbocycles. The van der Waals surface area contributed by atoms with E-state index in [0.717, 1.165) is 5.56 Å². The van der Waals surface area contributed by atoms with Gasteiger partial charge in [0.05, 0.1) is 12.2 Å². The summed E-state index contributed by atoms with van der Waals surface area (Å²) in [6.45, 7) is 11.5. The molecule has 0 spiro atoms. The Kier molecular flexibility index (Phi) is 6.21. The van der Waals surface area contributed by atoms with E-state index in [1.807, 2.05) is 50.0 Å². The van der Waals surface area contributed by atoms with Crippen LogP contribution in [0.2, 0.25) is 19.6 Å². The number of halogens is 1. The van der Waals surface area contributed by atoms with Gasteiger partial charge in [0, 0.05) is 5.56 Å². The predicted molar refractivity (Wildman–Crippen MR) is 126 cm³/mol. The van der Waals surface area contributed by atoms with Crippen molar-refractivity contribution in [1.29, 1.82) is 0 Å². The molecular weight excluding hydrogens is 423 g/mol. The van der Waals surface area contributed by atoms with Crippen molar-refractivity contribution in [3.8, 4) is 11.5 Å². The molecule has 1 aliphatic heterocycles. The zero-order chi connectivity index (χ0) is 23.7. The lowest BCUT2D eigenvalue weighted by atomic mass is 9.92. The molecule has 7 heteroatoms. The summed E-state index contributed by atoms with van der Waals surface area (Å²) in [5.74, 6) is 1.99. The highest BCUT2D eigenvalue weighted by molar-refractivity contribution is 6.83. The highest BCUT2D eigenvalue weighted by Crippen LogP contribution is 2.43. The first-order valence-electron chi connectivity index (χ1n) is 10.5. The van der Waals surface area contributed by atoms with Crippen LogP contribution in [0, 0.1) is 17.3 Å². The first-order valence-corrected chi connectivity index (χ1v) is 14.0. The third-order valence-electron chi connectivity index (χ3n) is 4.72. The molecule has 1 atom stereocenters. The minimum absolute atomic E-state index is 0.127. The number of fused-ring (bicyclic) bond motifs is 1. The Morgan fingerprint density at radius 2 is 1.78 bits per heavy atom. The number of rotatable bonds is 3. The molecule has 3 rings (SSSR count). The lowest BCUT2D eigenvalue weighted by Crippen LogP contribution is -2.53. The number of nitrogens with zero attached hydrogens (tertiary/aromatic N) is 1. The number of carbonyl (C=O) groups excluding carboxylic acids is 2. The fourth-order valence-electron chi connectivity index (χ4n) is 3.44. The van der Waals surface area contributed by atoms with E-state index in [2.05, 4.69) is 16.8 Å². The second-order valence-electron chi connectivity index (χ2n) is 9.89. The Bertz CT molecular complexity index is 1090. The van der Waals surface area contributed by atoms with E-state index in [4.69, 9.17) is 4.74 Å². The fraction of sp³-hybridized carbons (Fsp3) is 0.360. The topological polar surface area (TPSA) is 58.6 Å². The highest BCUT2D eigenvalue weighted by Gasteiger charge is 2.53. The fourth-order valence-corrected chi connectivity index (χ4v) is 4.00. The van der Waals surface area contributed by atoms with E-state index in [1.54, 1.807) is 26.8 Å². The largest absolute Gasteiger partial charge is 0.444 e. The maximum atomic E-state index is 15.1. The molecule has 0 unspecified atom stereocenters. The Labute approximate surface area is 190 Å². The van der Waals surface area contributed by atoms with Gasteiger partial charge in [-0.05, 0) is 32.4 Å². The van der Waals surface area contributed by atoms with Crippen LogP contribution in [-0.2, 0) is 21.6 Å². The highest BCUT2D eigenvalue weighted by atomic mass is 28.3. The van der Waals surface area contributed by atoms with Gasteiger partial charge in [0.15, 0.2) is 0 Å². The van der Waals surface area contributed by atoms with Gasteiger partial charge in [0.2, 0.25) is 5.54 Å². The van der Waals surface area contributed by atoms with Crippen LogP contribution in [0.25, 0.3) is 0 Å². The number of alkyl carbamates (subject to hydrolysis) is 1. The summed E-state index contributed by atoms with van der Waals surface area (Å²) < 4.78 is 20.5. The van der Waals surface area contributed by atoms with Gasteiger partial charge in [-0.15, -0.1) is 5.54 Å². The average Bonchev–Trinajstić information content (AvgIpc) is 2.89. The quantitative estimate of drug-likeness (QED) is 0.528. The normalized spacial score (nSPS) is 18.0. The van der Waals surface area contributed by atoms with Crippen LogP contribution in [0.4, 0.5) is 14.9 Å². The van der Waals surface area contributed by atoms with Crippen molar-refractivity contribution in [3.05, 3.63) is 65.5 Å². The minimum atomic E-state index is -1.95. The Hall–Kier alpha value is -3.11. The first kappa shape index (κ1) is 23.5. The smallest absolute Gasteiger partial charge is 0.409 e. The molecule has 168 valence electrons. The van der Waals surface area contributed by atoms with Crippen LogP contribution in [0.3, 0.4) is 0 Å². The van der Waals surface area contributed by atoms with Crippen molar-refractivity contribution in [2.75, 3.05) is 4.90 Å². The molecule has 0 bridgehead atoms. The molecule has 2 amide bonds. The SMILES string of the molecule is CC(C)(C)OC(=O)N[C@]1(C#C[Si](C)(C)C)C(=O)N(Cc2ccccc2)c2c(F)cccc21. The van der Waals surface area contributed by atoms with Crippen LogP contribution in [-0.4, -0.2) is 25.7 Å². The van der Waals surface area contributed by atoms with Crippen molar-refractivity contribution in [1.82, 2.24) is 5.32 Å². The van der Waals surface area contributed by atoms with Crippen LogP contribution in [0.1, 0.15) is 31.9 Å².